The molecule has 1 heterocycles. The summed E-state index contributed by atoms with van der Waals surface area (Å²) in [5.41, 5.74) is 1.17. The van der Waals surface area contributed by atoms with E-state index in [1.165, 1.54) is 0 Å². The molecule has 2 N–H and O–H groups in total. The third kappa shape index (κ3) is 4.58. The molecule has 20 heavy (non-hydrogen) atoms. The van der Waals surface area contributed by atoms with Gasteiger partial charge in [0.2, 0.25) is 10.0 Å². The molecular weight excluding hydrogens is 278 g/mol. The minimum Gasteiger partial charge on any atom is -0.378 e. The molecular formula is C13H17N3O3S. The van der Waals surface area contributed by atoms with Crippen LogP contribution in [0.15, 0.2) is 24.3 Å². The molecule has 0 aromatic heterocycles. The third-order valence-electron chi connectivity index (χ3n) is 2.99. The number of nitrogens with zero attached hydrogens (tertiary/aromatic N) is 1. The van der Waals surface area contributed by atoms with Gasteiger partial charge < -0.3 is 10.1 Å². The van der Waals surface area contributed by atoms with Gasteiger partial charge in [-0.3, -0.25) is 0 Å². The zero-order chi connectivity index (χ0) is 14.4. The number of morpholine rings is 1. The van der Waals surface area contributed by atoms with Crippen LogP contribution in [-0.4, -0.2) is 40.8 Å². The Morgan fingerprint density at radius 2 is 2.15 bits per heavy atom. The number of sulfonamides is 1. The fraction of sp³-hybridized carbons (Fsp3) is 0.462. The summed E-state index contributed by atoms with van der Waals surface area (Å²) >= 11 is 0. The maximum Gasteiger partial charge on any atom is 0.215 e. The van der Waals surface area contributed by atoms with Gasteiger partial charge in [0.15, 0.2) is 0 Å². The number of ether oxygens (including phenoxy) is 1. The van der Waals surface area contributed by atoms with E-state index in [1.54, 1.807) is 24.3 Å². The molecule has 1 aliphatic rings. The van der Waals surface area contributed by atoms with Crippen LogP contribution in [0.5, 0.6) is 0 Å². The van der Waals surface area contributed by atoms with E-state index in [1.807, 2.05) is 6.07 Å². The van der Waals surface area contributed by atoms with Crippen LogP contribution in [0, 0.1) is 11.3 Å². The Balaban J connectivity index is 1.87. The van der Waals surface area contributed by atoms with Crippen molar-refractivity contribution in [3.8, 4) is 6.07 Å². The van der Waals surface area contributed by atoms with Crippen molar-refractivity contribution in [3.05, 3.63) is 35.4 Å². The molecule has 0 amide bonds. The van der Waals surface area contributed by atoms with Crippen molar-refractivity contribution in [2.45, 2.75) is 11.8 Å². The first kappa shape index (κ1) is 14.9. The molecule has 1 aliphatic heterocycles. The normalized spacial score (nSPS) is 19.4. The van der Waals surface area contributed by atoms with Crippen LogP contribution >= 0.6 is 0 Å². The van der Waals surface area contributed by atoms with Crippen molar-refractivity contribution in [2.75, 3.05) is 26.3 Å². The van der Waals surface area contributed by atoms with Crippen LogP contribution in [0.25, 0.3) is 0 Å². The topological polar surface area (TPSA) is 91.2 Å². The molecule has 1 aromatic carbocycles. The first-order chi connectivity index (χ1) is 9.59. The lowest BCUT2D eigenvalue weighted by molar-refractivity contribution is 0.0784. The van der Waals surface area contributed by atoms with E-state index >= 15 is 0 Å². The zero-order valence-corrected chi connectivity index (χ0v) is 11.8. The van der Waals surface area contributed by atoms with Gasteiger partial charge in [-0.1, -0.05) is 12.1 Å². The standard InChI is InChI=1S/C13H17N3O3S/c14-7-11-1-3-12(4-2-11)10-20(17,18)16-8-13-9-19-6-5-15-13/h1-4,13,15-16H,5-6,8-10H2. The lowest BCUT2D eigenvalue weighted by Gasteiger charge is -2.23. The molecule has 1 aromatic rings. The Hall–Kier alpha value is -1.46. The van der Waals surface area contributed by atoms with Gasteiger partial charge in [-0.2, -0.15) is 5.26 Å². The van der Waals surface area contributed by atoms with E-state index in [-0.39, 0.29) is 11.8 Å². The second kappa shape index (κ2) is 6.81. The maximum absolute atomic E-state index is 12.0. The number of nitriles is 1. The highest BCUT2D eigenvalue weighted by atomic mass is 32.2. The Morgan fingerprint density at radius 1 is 1.40 bits per heavy atom. The summed E-state index contributed by atoms with van der Waals surface area (Å²) in [6, 6.07) is 8.54. The van der Waals surface area contributed by atoms with Crippen molar-refractivity contribution in [1.82, 2.24) is 10.0 Å². The quantitative estimate of drug-likeness (QED) is 0.796. The largest absolute Gasteiger partial charge is 0.378 e. The van der Waals surface area contributed by atoms with Crippen molar-refractivity contribution >= 4 is 10.0 Å². The summed E-state index contributed by atoms with van der Waals surface area (Å²) in [7, 11) is -3.38. The fourth-order valence-electron chi connectivity index (χ4n) is 1.92. The number of benzene rings is 1. The van der Waals surface area contributed by atoms with Gasteiger partial charge in [-0.25, -0.2) is 13.1 Å². The van der Waals surface area contributed by atoms with Gasteiger partial charge in [-0.05, 0) is 17.7 Å². The van der Waals surface area contributed by atoms with Crippen LogP contribution in [0.2, 0.25) is 0 Å². The molecule has 1 saturated heterocycles. The first-order valence-corrected chi connectivity index (χ1v) is 8.02. The fourth-order valence-corrected chi connectivity index (χ4v) is 3.11. The monoisotopic (exact) mass is 295 g/mol. The smallest absolute Gasteiger partial charge is 0.215 e. The van der Waals surface area contributed by atoms with Gasteiger partial charge >= 0.3 is 0 Å². The molecule has 1 atom stereocenters. The van der Waals surface area contributed by atoms with Crippen LogP contribution in [0.3, 0.4) is 0 Å². The highest BCUT2D eigenvalue weighted by Crippen LogP contribution is 2.07. The molecule has 0 spiro atoms. The Bertz CT molecular complexity index is 572. The molecule has 7 heteroatoms. The van der Waals surface area contributed by atoms with E-state index in [4.69, 9.17) is 10.00 Å². The number of hydrogen-bond donors (Lipinski definition) is 2. The zero-order valence-electron chi connectivity index (χ0n) is 11.0. The summed E-state index contributed by atoms with van der Waals surface area (Å²) < 4.78 is 31.7. The molecule has 108 valence electrons. The molecule has 0 saturated carbocycles. The summed E-state index contributed by atoms with van der Waals surface area (Å²) in [6.07, 6.45) is 0. The second-order valence-electron chi connectivity index (χ2n) is 4.64. The number of hydrogen-bond acceptors (Lipinski definition) is 5. The lowest BCUT2D eigenvalue weighted by Crippen LogP contribution is -2.48. The molecule has 0 radical (unpaired) electrons. The number of nitrogens with one attached hydrogen (secondary N) is 2. The average molecular weight is 295 g/mol. The summed E-state index contributed by atoms with van der Waals surface area (Å²) in [5.74, 6) is -0.0910. The highest BCUT2D eigenvalue weighted by molar-refractivity contribution is 7.88. The van der Waals surface area contributed by atoms with Crippen molar-refractivity contribution in [1.29, 1.82) is 5.26 Å². The second-order valence-corrected chi connectivity index (χ2v) is 6.45. The molecule has 1 unspecified atom stereocenters. The predicted octanol–water partition coefficient (Wildman–Crippen LogP) is -0.0339. The Kier molecular flexibility index (Phi) is 5.09. The van der Waals surface area contributed by atoms with E-state index in [0.717, 1.165) is 6.54 Å². The highest BCUT2D eigenvalue weighted by Gasteiger charge is 2.17. The Morgan fingerprint density at radius 3 is 2.75 bits per heavy atom. The van der Waals surface area contributed by atoms with Gasteiger partial charge in [0, 0.05) is 19.1 Å². The van der Waals surface area contributed by atoms with Crippen molar-refractivity contribution in [2.24, 2.45) is 0 Å². The van der Waals surface area contributed by atoms with Crippen molar-refractivity contribution in [3.63, 3.8) is 0 Å². The van der Waals surface area contributed by atoms with Gasteiger partial charge in [0.05, 0.1) is 30.6 Å². The van der Waals surface area contributed by atoms with Gasteiger partial charge in [0.25, 0.3) is 0 Å². The van der Waals surface area contributed by atoms with E-state index in [0.29, 0.717) is 30.9 Å². The minimum atomic E-state index is -3.38. The predicted molar refractivity (Wildman–Crippen MR) is 74.4 cm³/mol. The van der Waals surface area contributed by atoms with E-state index in [9.17, 15) is 8.42 Å². The molecule has 0 aliphatic carbocycles. The SMILES string of the molecule is N#Cc1ccc(CS(=O)(=O)NCC2COCCN2)cc1. The summed E-state index contributed by atoms with van der Waals surface area (Å²) in [4.78, 5) is 0. The molecule has 1 fully saturated rings. The maximum atomic E-state index is 12.0. The van der Waals surface area contributed by atoms with E-state index < -0.39 is 10.0 Å². The van der Waals surface area contributed by atoms with Crippen molar-refractivity contribution < 1.29 is 13.2 Å². The van der Waals surface area contributed by atoms with Gasteiger partial charge in [-0.15, -0.1) is 0 Å². The van der Waals surface area contributed by atoms with Crippen LogP contribution in [0.1, 0.15) is 11.1 Å². The van der Waals surface area contributed by atoms with Crippen LogP contribution in [-0.2, 0) is 20.5 Å². The average Bonchev–Trinajstić information content (AvgIpc) is 2.47. The molecule has 0 bridgehead atoms. The van der Waals surface area contributed by atoms with Crippen LogP contribution in [0.4, 0.5) is 0 Å². The molecule has 2 rings (SSSR count). The summed E-state index contributed by atoms with van der Waals surface area (Å²) in [5, 5.41) is 11.9. The lowest BCUT2D eigenvalue weighted by atomic mass is 10.2. The number of rotatable bonds is 5. The Labute approximate surface area is 118 Å². The molecule has 6 nitrogen and oxygen atoms in total. The van der Waals surface area contributed by atoms with E-state index in [2.05, 4.69) is 10.0 Å². The van der Waals surface area contributed by atoms with Gasteiger partial charge in [0.1, 0.15) is 0 Å². The first-order valence-electron chi connectivity index (χ1n) is 6.36. The summed E-state index contributed by atoms with van der Waals surface area (Å²) in [6.45, 7) is 2.23. The third-order valence-corrected chi connectivity index (χ3v) is 4.31. The minimum absolute atomic E-state index is 0.0134. The van der Waals surface area contributed by atoms with Crippen LogP contribution < -0.4 is 10.0 Å².